The normalized spacial score (nSPS) is 11.5. The molecular weight excluding hydrogens is 343 g/mol. The number of halogens is 1. The first kappa shape index (κ1) is 17.5. The molecule has 1 amide bonds. The molecule has 0 bridgehead atoms. The molecule has 0 unspecified atom stereocenters. The first-order valence-electron chi connectivity index (χ1n) is 6.67. The Morgan fingerprint density at radius 1 is 1.42 bits per heavy atom. The molecule has 1 aromatic carbocycles. The highest BCUT2D eigenvalue weighted by molar-refractivity contribution is 7.90. The molecule has 0 aliphatic carbocycles. The number of para-hydroxylation sites is 1. The maximum Gasteiger partial charge on any atom is 0.325 e. The largest absolute Gasteiger partial charge is 0.325 e. The summed E-state index contributed by atoms with van der Waals surface area (Å²) in [6.07, 6.45) is 2.49. The van der Waals surface area contributed by atoms with E-state index in [1.807, 2.05) is 13.8 Å². The minimum absolute atomic E-state index is 0.0486. The molecule has 2 aromatic rings. The number of nitrogens with zero attached hydrogens (tertiary/aromatic N) is 3. The molecule has 0 fully saturated rings. The molecule has 24 heavy (non-hydrogen) atoms. The van der Waals surface area contributed by atoms with E-state index in [1.165, 1.54) is 10.9 Å². The van der Waals surface area contributed by atoms with Gasteiger partial charge in [-0.2, -0.15) is 9.49 Å². The van der Waals surface area contributed by atoms with E-state index < -0.39 is 37.3 Å². The molecule has 1 heterocycles. The van der Waals surface area contributed by atoms with Gasteiger partial charge in [0.25, 0.3) is 15.9 Å². The van der Waals surface area contributed by atoms with Gasteiger partial charge in [-0.3, -0.25) is 19.6 Å². The second-order valence-corrected chi connectivity index (χ2v) is 6.73. The standard InChI is InChI=1S/C13H13FN4O5S/c1-8(2)17-7-9(6-15-17)13(19)16-24(22,23)11-5-3-4-10(14)12(11)18(20)21/h3-8H,1-2H3,(H,16,19). The molecular formula is C13H13FN4O5S. The monoisotopic (exact) mass is 356 g/mol. The Bertz CT molecular complexity index is 907. The van der Waals surface area contributed by atoms with Crippen molar-refractivity contribution in [2.75, 3.05) is 0 Å². The van der Waals surface area contributed by atoms with Gasteiger partial charge in [0.05, 0.1) is 16.7 Å². The van der Waals surface area contributed by atoms with Crippen LogP contribution in [0.25, 0.3) is 0 Å². The van der Waals surface area contributed by atoms with Gasteiger partial charge in [-0.1, -0.05) is 6.07 Å². The maximum absolute atomic E-state index is 13.6. The van der Waals surface area contributed by atoms with Crippen LogP contribution in [-0.2, 0) is 10.0 Å². The predicted molar refractivity (Wildman–Crippen MR) is 80.3 cm³/mol. The van der Waals surface area contributed by atoms with Crippen molar-refractivity contribution in [3.63, 3.8) is 0 Å². The number of nitro benzene ring substituents is 1. The zero-order valence-electron chi connectivity index (χ0n) is 12.6. The molecule has 0 atom stereocenters. The van der Waals surface area contributed by atoms with Gasteiger partial charge in [0.15, 0.2) is 4.90 Å². The van der Waals surface area contributed by atoms with E-state index in [0.717, 1.165) is 24.4 Å². The number of amides is 1. The fourth-order valence-electron chi connectivity index (χ4n) is 1.86. The van der Waals surface area contributed by atoms with Crippen LogP contribution in [-0.4, -0.2) is 29.0 Å². The minimum atomic E-state index is -4.64. The van der Waals surface area contributed by atoms with Crippen molar-refractivity contribution in [3.05, 3.63) is 52.1 Å². The van der Waals surface area contributed by atoms with Crippen LogP contribution in [0.3, 0.4) is 0 Å². The van der Waals surface area contributed by atoms with E-state index in [-0.39, 0.29) is 11.6 Å². The van der Waals surface area contributed by atoms with Crippen LogP contribution in [0, 0.1) is 15.9 Å². The van der Waals surface area contributed by atoms with Gasteiger partial charge in [-0.15, -0.1) is 0 Å². The summed E-state index contributed by atoms with van der Waals surface area (Å²) in [7, 11) is -4.64. The molecule has 128 valence electrons. The van der Waals surface area contributed by atoms with Crippen molar-refractivity contribution in [3.8, 4) is 0 Å². The van der Waals surface area contributed by atoms with E-state index in [1.54, 1.807) is 4.72 Å². The van der Waals surface area contributed by atoms with Crippen molar-refractivity contribution >= 4 is 21.6 Å². The predicted octanol–water partition coefficient (Wildman–Crippen LogP) is 1.63. The Kier molecular flexibility index (Phi) is 4.64. The molecule has 9 nitrogen and oxygen atoms in total. The summed E-state index contributed by atoms with van der Waals surface area (Å²) in [5, 5.41) is 14.8. The van der Waals surface area contributed by atoms with Crippen LogP contribution in [0.5, 0.6) is 0 Å². The highest BCUT2D eigenvalue weighted by Gasteiger charge is 2.31. The third-order valence-corrected chi connectivity index (χ3v) is 4.40. The van der Waals surface area contributed by atoms with Crippen LogP contribution in [0.1, 0.15) is 30.2 Å². The fraction of sp³-hybridized carbons (Fsp3) is 0.231. The van der Waals surface area contributed by atoms with Crippen molar-refractivity contribution in [1.82, 2.24) is 14.5 Å². The highest BCUT2D eigenvalue weighted by Crippen LogP contribution is 2.26. The lowest BCUT2D eigenvalue weighted by Crippen LogP contribution is -2.31. The molecule has 0 aliphatic rings. The van der Waals surface area contributed by atoms with Crippen LogP contribution in [0.4, 0.5) is 10.1 Å². The minimum Gasteiger partial charge on any atom is -0.269 e. The number of hydrogen-bond acceptors (Lipinski definition) is 6. The second kappa shape index (κ2) is 6.35. The number of benzene rings is 1. The average molecular weight is 356 g/mol. The van der Waals surface area contributed by atoms with E-state index in [0.29, 0.717) is 0 Å². The van der Waals surface area contributed by atoms with Gasteiger partial charge in [-0.05, 0) is 26.0 Å². The molecule has 0 aliphatic heterocycles. The number of carbonyl (C=O) groups is 1. The second-order valence-electron chi connectivity index (χ2n) is 5.08. The van der Waals surface area contributed by atoms with Crippen LogP contribution in [0.2, 0.25) is 0 Å². The summed E-state index contributed by atoms with van der Waals surface area (Å²) >= 11 is 0. The molecule has 2 rings (SSSR count). The number of sulfonamides is 1. The lowest BCUT2D eigenvalue weighted by Gasteiger charge is -2.07. The Labute approximate surface area is 136 Å². The third kappa shape index (κ3) is 3.40. The Morgan fingerprint density at radius 3 is 2.62 bits per heavy atom. The van der Waals surface area contributed by atoms with Gasteiger partial charge in [-0.25, -0.2) is 13.1 Å². The average Bonchev–Trinajstić information content (AvgIpc) is 2.96. The van der Waals surface area contributed by atoms with Crippen molar-refractivity contribution in [1.29, 1.82) is 0 Å². The molecule has 0 saturated heterocycles. The molecule has 11 heteroatoms. The summed E-state index contributed by atoms with van der Waals surface area (Å²) in [5.74, 6) is -2.34. The van der Waals surface area contributed by atoms with Crippen LogP contribution < -0.4 is 4.72 Å². The van der Waals surface area contributed by atoms with Crippen LogP contribution >= 0.6 is 0 Å². The van der Waals surface area contributed by atoms with E-state index in [9.17, 15) is 27.7 Å². The fourth-order valence-corrected chi connectivity index (χ4v) is 3.02. The first-order chi connectivity index (χ1) is 11.1. The smallest absolute Gasteiger partial charge is 0.269 e. The number of aromatic nitrogens is 2. The van der Waals surface area contributed by atoms with E-state index >= 15 is 0 Å². The summed E-state index contributed by atoms with van der Waals surface area (Å²) in [6.45, 7) is 3.61. The maximum atomic E-state index is 13.6. The molecule has 0 spiro atoms. The zero-order chi connectivity index (χ0) is 18.1. The number of nitro groups is 1. The summed E-state index contributed by atoms with van der Waals surface area (Å²) in [5.41, 5.74) is -1.28. The first-order valence-corrected chi connectivity index (χ1v) is 8.16. The number of rotatable bonds is 5. The number of carbonyl (C=O) groups excluding carboxylic acids is 1. The Balaban J connectivity index is 2.36. The summed E-state index contributed by atoms with van der Waals surface area (Å²) in [6, 6.07) is 2.55. The van der Waals surface area contributed by atoms with Crippen LogP contribution in [0.15, 0.2) is 35.5 Å². The highest BCUT2D eigenvalue weighted by atomic mass is 32.2. The zero-order valence-corrected chi connectivity index (χ0v) is 13.4. The summed E-state index contributed by atoms with van der Waals surface area (Å²) < 4.78 is 41.1. The lowest BCUT2D eigenvalue weighted by atomic mass is 10.3. The topological polar surface area (TPSA) is 124 Å². The van der Waals surface area contributed by atoms with Gasteiger partial charge < -0.3 is 0 Å². The van der Waals surface area contributed by atoms with Crippen molar-refractivity contribution in [2.24, 2.45) is 0 Å². The van der Waals surface area contributed by atoms with Gasteiger partial charge in [0.2, 0.25) is 5.82 Å². The van der Waals surface area contributed by atoms with E-state index in [2.05, 4.69) is 5.10 Å². The molecule has 1 N–H and O–H groups in total. The quantitative estimate of drug-likeness (QED) is 0.641. The molecule has 0 saturated carbocycles. The third-order valence-electron chi connectivity index (χ3n) is 3.04. The number of nitrogens with one attached hydrogen (secondary N) is 1. The molecule has 0 radical (unpaired) electrons. The van der Waals surface area contributed by atoms with Gasteiger partial charge in [0, 0.05) is 12.2 Å². The lowest BCUT2D eigenvalue weighted by molar-refractivity contribution is -0.390. The van der Waals surface area contributed by atoms with Crippen molar-refractivity contribution in [2.45, 2.75) is 24.8 Å². The SMILES string of the molecule is CC(C)n1cc(C(=O)NS(=O)(=O)c2cccc(F)c2[N+](=O)[O-])cn1. The van der Waals surface area contributed by atoms with Crippen molar-refractivity contribution < 1.29 is 22.5 Å². The Morgan fingerprint density at radius 2 is 2.08 bits per heavy atom. The van der Waals surface area contributed by atoms with Gasteiger partial charge in [0.1, 0.15) is 0 Å². The number of hydrogen-bond donors (Lipinski definition) is 1. The Hall–Kier alpha value is -2.82. The van der Waals surface area contributed by atoms with E-state index in [4.69, 9.17) is 0 Å². The van der Waals surface area contributed by atoms with Gasteiger partial charge >= 0.3 is 5.69 Å². The summed E-state index contributed by atoms with van der Waals surface area (Å²) in [4.78, 5) is 20.8. The molecule has 1 aromatic heterocycles.